The molecule has 0 radical (unpaired) electrons. The predicted octanol–water partition coefficient (Wildman–Crippen LogP) is 2.29. The van der Waals surface area contributed by atoms with E-state index in [1.165, 1.54) is 21.5 Å². The minimum atomic E-state index is -3.47. The number of anilines is 2. The zero-order valence-electron chi connectivity index (χ0n) is 12.6. The molecule has 0 fully saturated rings. The summed E-state index contributed by atoms with van der Waals surface area (Å²) in [7, 11) is -3.47. The summed E-state index contributed by atoms with van der Waals surface area (Å²) >= 11 is 1.52. The van der Waals surface area contributed by atoms with Gasteiger partial charge in [-0.2, -0.15) is 4.98 Å². The quantitative estimate of drug-likeness (QED) is 0.567. The van der Waals surface area contributed by atoms with Crippen LogP contribution in [0.4, 0.5) is 11.8 Å². The Balaban J connectivity index is 2.28. The van der Waals surface area contributed by atoms with Gasteiger partial charge in [0, 0.05) is 22.0 Å². The number of hydrogen-bond acceptors (Lipinski definition) is 7. The van der Waals surface area contributed by atoms with Crippen molar-refractivity contribution >= 4 is 54.9 Å². The van der Waals surface area contributed by atoms with Gasteiger partial charge in [0.1, 0.15) is 5.82 Å². The normalized spacial score (nSPS) is 12.2. The predicted molar refractivity (Wildman–Crippen MR) is 97.4 cm³/mol. The maximum absolute atomic E-state index is 12.2. The maximum atomic E-state index is 12.2. The number of nitrogens with two attached hydrogens (primary N) is 2. The number of thiophene rings is 1. The zero-order valence-corrected chi connectivity index (χ0v) is 14.2. The fourth-order valence-corrected chi connectivity index (χ4v) is 4.43. The Kier molecular flexibility index (Phi) is 3.06. The number of rotatable bonds is 2. The molecule has 0 atom stereocenters. The molecule has 0 spiro atoms. The zero-order chi connectivity index (χ0) is 17.1. The Labute approximate surface area is 141 Å². The van der Waals surface area contributed by atoms with Crippen LogP contribution in [0.3, 0.4) is 0 Å². The summed E-state index contributed by atoms with van der Waals surface area (Å²) in [5.74, 6) is 0.311. The largest absolute Gasteiger partial charge is 0.383 e. The van der Waals surface area contributed by atoms with E-state index >= 15 is 0 Å². The van der Waals surface area contributed by atoms with Crippen molar-refractivity contribution in [2.45, 2.75) is 0 Å². The van der Waals surface area contributed by atoms with Gasteiger partial charge in [0.25, 0.3) is 0 Å². The molecule has 7 nitrogen and oxygen atoms in total. The van der Waals surface area contributed by atoms with Crippen molar-refractivity contribution in [2.75, 3.05) is 17.7 Å². The third-order valence-electron chi connectivity index (χ3n) is 3.78. The van der Waals surface area contributed by atoms with Crippen LogP contribution in [-0.2, 0) is 10.0 Å². The highest BCUT2D eigenvalue weighted by Crippen LogP contribution is 2.39. The van der Waals surface area contributed by atoms with Gasteiger partial charge >= 0.3 is 0 Å². The van der Waals surface area contributed by atoms with E-state index < -0.39 is 10.0 Å². The van der Waals surface area contributed by atoms with Crippen LogP contribution in [0.1, 0.15) is 0 Å². The van der Waals surface area contributed by atoms with Gasteiger partial charge in [0.15, 0.2) is 0 Å². The van der Waals surface area contributed by atoms with Crippen LogP contribution < -0.4 is 11.5 Å². The van der Waals surface area contributed by atoms with Crippen LogP contribution in [-0.4, -0.2) is 28.6 Å². The third-order valence-corrected chi connectivity index (χ3v) is 5.71. The maximum Gasteiger partial charge on any atom is 0.236 e. The van der Waals surface area contributed by atoms with E-state index in [2.05, 4.69) is 9.97 Å². The summed E-state index contributed by atoms with van der Waals surface area (Å²) in [5, 5.41) is 3.21. The summed E-state index contributed by atoms with van der Waals surface area (Å²) < 4.78 is 25.6. The Morgan fingerprint density at radius 3 is 2.67 bits per heavy atom. The van der Waals surface area contributed by atoms with E-state index in [1.807, 2.05) is 17.5 Å². The van der Waals surface area contributed by atoms with Crippen molar-refractivity contribution in [3.05, 3.63) is 35.8 Å². The molecule has 0 aliphatic heterocycles. The smallest absolute Gasteiger partial charge is 0.236 e. The van der Waals surface area contributed by atoms with Crippen molar-refractivity contribution in [2.24, 2.45) is 0 Å². The molecule has 0 unspecified atom stereocenters. The SMILES string of the molecule is CS(=O)(=O)n1ccc2c3c(N)nc(N)nc3cc(-c3cccs3)c21. The van der Waals surface area contributed by atoms with Crippen LogP contribution >= 0.6 is 11.3 Å². The molecular weight excluding hydrogens is 346 g/mol. The lowest BCUT2D eigenvalue weighted by Gasteiger charge is -2.11. The topological polar surface area (TPSA) is 117 Å². The first-order chi connectivity index (χ1) is 11.4. The summed E-state index contributed by atoms with van der Waals surface area (Å²) in [6.45, 7) is 0. The number of aromatic nitrogens is 3. The van der Waals surface area contributed by atoms with Crippen molar-refractivity contribution < 1.29 is 8.42 Å². The Hall–Kier alpha value is -2.65. The number of nitrogen functional groups attached to an aromatic ring is 2. The van der Waals surface area contributed by atoms with Crippen LogP contribution in [0, 0.1) is 0 Å². The van der Waals surface area contributed by atoms with Crippen molar-refractivity contribution in [3.8, 4) is 10.4 Å². The molecule has 0 saturated heterocycles. The molecule has 0 amide bonds. The second-order valence-corrected chi connectivity index (χ2v) is 8.21. The van der Waals surface area contributed by atoms with Gasteiger partial charge < -0.3 is 11.5 Å². The third kappa shape index (κ3) is 2.13. The van der Waals surface area contributed by atoms with Gasteiger partial charge in [0.05, 0.1) is 22.7 Å². The summed E-state index contributed by atoms with van der Waals surface area (Å²) in [6, 6.07) is 7.36. The van der Waals surface area contributed by atoms with Gasteiger partial charge in [-0.15, -0.1) is 11.3 Å². The first kappa shape index (κ1) is 14.9. The van der Waals surface area contributed by atoms with E-state index in [9.17, 15) is 8.42 Å². The van der Waals surface area contributed by atoms with Crippen LogP contribution in [0.25, 0.3) is 32.2 Å². The first-order valence-corrected chi connectivity index (χ1v) is 9.70. The Morgan fingerprint density at radius 2 is 2.00 bits per heavy atom. The highest BCUT2D eigenvalue weighted by atomic mass is 32.2. The second-order valence-electron chi connectivity index (χ2n) is 5.40. The lowest BCUT2D eigenvalue weighted by Crippen LogP contribution is -2.09. The van der Waals surface area contributed by atoms with Gasteiger partial charge in [-0.05, 0) is 23.6 Å². The number of benzene rings is 1. The molecule has 24 heavy (non-hydrogen) atoms. The van der Waals surface area contributed by atoms with Crippen LogP contribution in [0.15, 0.2) is 35.8 Å². The Morgan fingerprint density at radius 1 is 1.21 bits per heavy atom. The fraction of sp³-hybridized carbons (Fsp3) is 0.0667. The van der Waals surface area contributed by atoms with Crippen LogP contribution in [0.5, 0.6) is 0 Å². The molecule has 4 N–H and O–H groups in total. The fourth-order valence-electron chi connectivity index (χ4n) is 2.88. The minimum absolute atomic E-state index is 0.0824. The lowest BCUT2D eigenvalue weighted by atomic mass is 10.1. The molecule has 4 aromatic rings. The Bertz CT molecular complexity index is 1190. The van der Waals surface area contributed by atoms with Crippen LogP contribution in [0.2, 0.25) is 0 Å². The van der Waals surface area contributed by atoms with Gasteiger partial charge in [-0.25, -0.2) is 17.4 Å². The van der Waals surface area contributed by atoms with E-state index in [0.29, 0.717) is 21.8 Å². The molecule has 0 aliphatic rings. The molecule has 0 bridgehead atoms. The molecular formula is C15H13N5O2S2. The van der Waals surface area contributed by atoms with Gasteiger partial charge in [-0.1, -0.05) is 6.07 Å². The van der Waals surface area contributed by atoms with E-state index in [4.69, 9.17) is 11.5 Å². The summed E-state index contributed by atoms with van der Waals surface area (Å²) in [6.07, 6.45) is 2.68. The van der Waals surface area contributed by atoms with Crippen molar-refractivity contribution in [1.29, 1.82) is 0 Å². The van der Waals surface area contributed by atoms with E-state index in [0.717, 1.165) is 16.7 Å². The van der Waals surface area contributed by atoms with Gasteiger partial charge in [0.2, 0.25) is 16.0 Å². The monoisotopic (exact) mass is 359 g/mol. The average molecular weight is 359 g/mol. The highest BCUT2D eigenvalue weighted by molar-refractivity contribution is 7.89. The number of fused-ring (bicyclic) bond motifs is 3. The van der Waals surface area contributed by atoms with Gasteiger partial charge in [-0.3, -0.25) is 0 Å². The summed E-state index contributed by atoms with van der Waals surface area (Å²) in [4.78, 5) is 9.20. The van der Waals surface area contributed by atoms with E-state index in [-0.39, 0.29) is 11.8 Å². The van der Waals surface area contributed by atoms with Crippen molar-refractivity contribution in [1.82, 2.24) is 13.9 Å². The molecule has 122 valence electrons. The number of nitrogens with zero attached hydrogens (tertiary/aromatic N) is 3. The molecule has 0 aliphatic carbocycles. The molecule has 9 heteroatoms. The highest BCUT2D eigenvalue weighted by Gasteiger charge is 2.20. The molecule has 4 rings (SSSR count). The minimum Gasteiger partial charge on any atom is -0.383 e. The number of hydrogen-bond donors (Lipinski definition) is 2. The van der Waals surface area contributed by atoms with Crippen molar-refractivity contribution in [3.63, 3.8) is 0 Å². The summed E-state index contributed by atoms with van der Waals surface area (Å²) in [5.41, 5.74) is 13.6. The molecule has 3 heterocycles. The standard InChI is InChI=1S/C15H13N5O2S2/c1-24(21,22)20-5-4-8-12-10(18-15(17)19-14(12)16)7-9(13(8)20)11-3-2-6-23-11/h2-7H,1H3,(H4,16,17,18,19). The molecule has 0 saturated carbocycles. The average Bonchev–Trinajstić information content (AvgIpc) is 3.14. The second kappa shape index (κ2) is 4.92. The van der Waals surface area contributed by atoms with E-state index in [1.54, 1.807) is 12.1 Å². The lowest BCUT2D eigenvalue weighted by molar-refractivity contribution is 0.595. The molecule has 1 aromatic carbocycles. The first-order valence-electron chi connectivity index (χ1n) is 6.97. The molecule has 3 aromatic heterocycles.